The smallest absolute Gasteiger partial charge is 0.165 e. The predicted molar refractivity (Wildman–Crippen MR) is 76.8 cm³/mol. The van der Waals surface area contributed by atoms with E-state index in [0.717, 1.165) is 11.3 Å². The molecular formula is C14H22FNOS. The summed E-state index contributed by atoms with van der Waals surface area (Å²) in [7, 11) is 1.46. The Kier molecular flexibility index (Phi) is 5.47. The number of rotatable bonds is 5. The molecular weight excluding hydrogens is 249 g/mol. The highest BCUT2D eigenvalue weighted by molar-refractivity contribution is 8.00. The molecule has 2 N–H and O–H groups in total. The summed E-state index contributed by atoms with van der Waals surface area (Å²) in [6.45, 7) is 6.49. The van der Waals surface area contributed by atoms with Crippen LogP contribution in [0.5, 0.6) is 5.75 Å². The summed E-state index contributed by atoms with van der Waals surface area (Å²) >= 11 is 1.83. The van der Waals surface area contributed by atoms with Crippen molar-refractivity contribution in [2.75, 3.05) is 12.9 Å². The number of benzene rings is 1. The van der Waals surface area contributed by atoms with Crippen molar-refractivity contribution in [1.29, 1.82) is 0 Å². The van der Waals surface area contributed by atoms with Crippen LogP contribution in [-0.2, 0) is 6.42 Å². The minimum Gasteiger partial charge on any atom is -0.494 e. The summed E-state index contributed by atoms with van der Waals surface area (Å²) in [5.74, 6) is 0.819. The standard InChI is InChI=1S/C14H22FNOS/c1-14(2,3)18-9-11(16)7-10-5-6-13(17-4)12(15)8-10/h5-6,8,11H,7,9,16H2,1-4H3. The zero-order chi connectivity index (χ0) is 13.8. The maximum atomic E-state index is 13.5. The van der Waals surface area contributed by atoms with Crippen LogP contribution in [0.25, 0.3) is 0 Å². The van der Waals surface area contributed by atoms with Gasteiger partial charge in [0.15, 0.2) is 11.6 Å². The van der Waals surface area contributed by atoms with E-state index in [9.17, 15) is 4.39 Å². The van der Waals surface area contributed by atoms with E-state index in [0.29, 0.717) is 6.42 Å². The fourth-order valence-electron chi connectivity index (χ4n) is 1.56. The first-order valence-electron chi connectivity index (χ1n) is 6.04. The van der Waals surface area contributed by atoms with Gasteiger partial charge in [-0.15, -0.1) is 0 Å². The summed E-state index contributed by atoms with van der Waals surface area (Å²) in [6, 6.07) is 5.06. The SMILES string of the molecule is COc1ccc(CC(N)CSC(C)(C)C)cc1F. The lowest BCUT2D eigenvalue weighted by atomic mass is 10.1. The van der Waals surface area contributed by atoms with Crippen LogP contribution in [0.3, 0.4) is 0 Å². The van der Waals surface area contributed by atoms with Gasteiger partial charge in [-0.3, -0.25) is 0 Å². The van der Waals surface area contributed by atoms with Gasteiger partial charge in [-0.25, -0.2) is 4.39 Å². The fourth-order valence-corrected chi connectivity index (χ4v) is 2.39. The zero-order valence-corrected chi connectivity index (χ0v) is 12.3. The lowest BCUT2D eigenvalue weighted by Crippen LogP contribution is -2.28. The molecule has 4 heteroatoms. The number of hydrogen-bond acceptors (Lipinski definition) is 3. The largest absolute Gasteiger partial charge is 0.494 e. The number of hydrogen-bond donors (Lipinski definition) is 1. The molecule has 0 saturated heterocycles. The summed E-state index contributed by atoms with van der Waals surface area (Å²) < 4.78 is 18.6. The molecule has 102 valence electrons. The fraction of sp³-hybridized carbons (Fsp3) is 0.571. The Labute approximate surface area is 113 Å². The topological polar surface area (TPSA) is 35.2 Å². The van der Waals surface area contributed by atoms with Crippen LogP contribution in [0, 0.1) is 5.82 Å². The molecule has 0 aliphatic heterocycles. The molecule has 0 fully saturated rings. The Bertz CT molecular complexity index is 390. The number of thioether (sulfide) groups is 1. The van der Waals surface area contributed by atoms with Crippen molar-refractivity contribution in [3.63, 3.8) is 0 Å². The molecule has 0 amide bonds. The molecule has 1 atom stereocenters. The van der Waals surface area contributed by atoms with Gasteiger partial charge in [-0.05, 0) is 24.1 Å². The third-order valence-corrected chi connectivity index (χ3v) is 3.91. The molecule has 0 heterocycles. The maximum Gasteiger partial charge on any atom is 0.165 e. The molecule has 1 unspecified atom stereocenters. The predicted octanol–water partition coefficient (Wildman–Crippen LogP) is 3.24. The Balaban J connectivity index is 2.54. The van der Waals surface area contributed by atoms with E-state index in [1.165, 1.54) is 13.2 Å². The maximum absolute atomic E-state index is 13.5. The van der Waals surface area contributed by atoms with Crippen LogP contribution in [0.4, 0.5) is 4.39 Å². The monoisotopic (exact) mass is 271 g/mol. The molecule has 1 rings (SSSR count). The van der Waals surface area contributed by atoms with Gasteiger partial charge in [-0.1, -0.05) is 26.8 Å². The molecule has 0 bridgehead atoms. The van der Waals surface area contributed by atoms with Crippen LogP contribution < -0.4 is 10.5 Å². The quantitative estimate of drug-likeness (QED) is 0.893. The molecule has 1 aromatic rings. The van der Waals surface area contributed by atoms with Gasteiger partial charge in [-0.2, -0.15) is 11.8 Å². The van der Waals surface area contributed by atoms with Crippen molar-refractivity contribution in [3.8, 4) is 5.75 Å². The molecule has 1 aromatic carbocycles. The average Bonchev–Trinajstić information content (AvgIpc) is 2.26. The van der Waals surface area contributed by atoms with Crippen molar-refractivity contribution in [1.82, 2.24) is 0 Å². The van der Waals surface area contributed by atoms with Crippen molar-refractivity contribution >= 4 is 11.8 Å². The van der Waals surface area contributed by atoms with Gasteiger partial charge in [0, 0.05) is 16.5 Å². The normalized spacial score (nSPS) is 13.4. The second-order valence-electron chi connectivity index (χ2n) is 5.36. The molecule has 0 aliphatic carbocycles. The van der Waals surface area contributed by atoms with E-state index < -0.39 is 0 Å². The van der Waals surface area contributed by atoms with Gasteiger partial charge < -0.3 is 10.5 Å². The van der Waals surface area contributed by atoms with Crippen molar-refractivity contribution in [3.05, 3.63) is 29.6 Å². The summed E-state index contributed by atoms with van der Waals surface area (Å²) in [5, 5.41) is 0. The minimum absolute atomic E-state index is 0.0435. The van der Waals surface area contributed by atoms with Crippen molar-refractivity contribution in [2.24, 2.45) is 5.73 Å². The third-order valence-electron chi connectivity index (χ3n) is 2.44. The van der Waals surface area contributed by atoms with Crippen LogP contribution in [0.1, 0.15) is 26.3 Å². The average molecular weight is 271 g/mol. The van der Waals surface area contributed by atoms with Crippen LogP contribution in [0.15, 0.2) is 18.2 Å². The summed E-state index contributed by atoms with van der Waals surface area (Å²) in [6.07, 6.45) is 0.685. The molecule has 18 heavy (non-hydrogen) atoms. The summed E-state index contributed by atoms with van der Waals surface area (Å²) in [4.78, 5) is 0. The molecule has 0 aliphatic rings. The van der Waals surface area contributed by atoms with E-state index in [1.54, 1.807) is 6.07 Å². The highest BCUT2D eigenvalue weighted by atomic mass is 32.2. The van der Waals surface area contributed by atoms with Crippen molar-refractivity contribution in [2.45, 2.75) is 38.0 Å². The first kappa shape index (κ1) is 15.3. The first-order valence-corrected chi connectivity index (χ1v) is 7.02. The Morgan fingerprint density at radius 2 is 2.06 bits per heavy atom. The van der Waals surface area contributed by atoms with E-state index in [2.05, 4.69) is 20.8 Å². The number of nitrogens with two attached hydrogens (primary N) is 1. The van der Waals surface area contributed by atoms with E-state index in [-0.39, 0.29) is 22.4 Å². The number of ether oxygens (including phenoxy) is 1. The Morgan fingerprint density at radius 3 is 2.56 bits per heavy atom. The zero-order valence-electron chi connectivity index (χ0n) is 11.5. The second kappa shape index (κ2) is 6.43. The van der Waals surface area contributed by atoms with Gasteiger partial charge in [0.1, 0.15) is 0 Å². The molecule has 2 nitrogen and oxygen atoms in total. The first-order chi connectivity index (χ1) is 8.31. The van der Waals surface area contributed by atoms with Gasteiger partial charge in [0.05, 0.1) is 7.11 Å². The van der Waals surface area contributed by atoms with Gasteiger partial charge in [0.25, 0.3) is 0 Å². The number of halogens is 1. The van der Waals surface area contributed by atoms with Gasteiger partial charge >= 0.3 is 0 Å². The minimum atomic E-state index is -0.328. The number of methoxy groups -OCH3 is 1. The molecule has 0 saturated carbocycles. The Morgan fingerprint density at radius 1 is 1.39 bits per heavy atom. The highest BCUT2D eigenvalue weighted by Gasteiger charge is 2.14. The van der Waals surface area contributed by atoms with Crippen LogP contribution in [0.2, 0.25) is 0 Å². The lowest BCUT2D eigenvalue weighted by Gasteiger charge is -2.20. The van der Waals surface area contributed by atoms with Crippen LogP contribution >= 0.6 is 11.8 Å². The summed E-state index contributed by atoms with van der Waals surface area (Å²) in [5.41, 5.74) is 6.97. The van der Waals surface area contributed by atoms with E-state index >= 15 is 0 Å². The second-order valence-corrected chi connectivity index (χ2v) is 7.20. The van der Waals surface area contributed by atoms with Gasteiger partial charge in [0.2, 0.25) is 0 Å². The molecule has 0 radical (unpaired) electrons. The molecule has 0 aromatic heterocycles. The van der Waals surface area contributed by atoms with Crippen LogP contribution in [-0.4, -0.2) is 23.7 Å². The van der Waals surface area contributed by atoms with E-state index in [4.69, 9.17) is 10.5 Å². The Hall–Kier alpha value is -0.740. The highest BCUT2D eigenvalue weighted by Crippen LogP contribution is 2.24. The lowest BCUT2D eigenvalue weighted by molar-refractivity contribution is 0.386. The third kappa shape index (κ3) is 5.27. The van der Waals surface area contributed by atoms with Crippen molar-refractivity contribution < 1.29 is 9.13 Å². The molecule has 0 spiro atoms. The van der Waals surface area contributed by atoms with E-state index in [1.807, 2.05) is 17.8 Å².